The van der Waals surface area contributed by atoms with Crippen LogP contribution in [0.4, 0.5) is 5.82 Å². The largest absolute Gasteiger partial charge is 0.474 e. The molecule has 0 unspecified atom stereocenters. The molecule has 0 spiro atoms. The van der Waals surface area contributed by atoms with Crippen LogP contribution in [0.15, 0.2) is 42.9 Å². The lowest BCUT2D eigenvalue weighted by Crippen LogP contribution is -2.12. The zero-order valence-electron chi connectivity index (χ0n) is 14.4. The van der Waals surface area contributed by atoms with Crippen LogP contribution in [0.3, 0.4) is 0 Å². The summed E-state index contributed by atoms with van der Waals surface area (Å²) in [5.74, 6) is 1.57. The first-order valence-electron chi connectivity index (χ1n) is 8.85. The van der Waals surface area contributed by atoms with Crippen molar-refractivity contribution in [2.45, 2.75) is 45.3 Å². The minimum atomic E-state index is 0.340. The second-order valence-corrected chi connectivity index (χ2v) is 6.63. The van der Waals surface area contributed by atoms with Gasteiger partial charge in [-0.15, -0.1) is 0 Å². The fourth-order valence-corrected chi connectivity index (χ4v) is 3.26. The van der Waals surface area contributed by atoms with E-state index < -0.39 is 0 Å². The summed E-state index contributed by atoms with van der Waals surface area (Å²) < 4.78 is 5.91. The van der Waals surface area contributed by atoms with Crippen LogP contribution < -0.4 is 10.1 Å². The van der Waals surface area contributed by atoms with Gasteiger partial charge >= 0.3 is 0 Å². The van der Waals surface area contributed by atoms with Crippen molar-refractivity contribution in [2.24, 2.45) is 0 Å². The van der Waals surface area contributed by atoms with Crippen molar-refractivity contribution in [1.29, 1.82) is 0 Å². The lowest BCUT2D eigenvalue weighted by Gasteiger charge is -2.12. The first kappa shape index (κ1) is 15.8. The van der Waals surface area contributed by atoms with Crippen LogP contribution in [-0.2, 0) is 6.54 Å². The Morgan fingerprint density at radius 2 is 1.96 bits per heavy atom. The minimum Gasteiger partial charge on any atom is -0.474 e. The molecule has 1 aromatic carbocycles. The molecule has 0 radical (unpaired) electrons. The topological polar surface area (TPSA) is 59.9 Å². The van der Waals surface area contributed by atoms with Crippen LogP contribution in [-0.4, -0.2) is 21.1 Å². The number of aromatic nitrogens is 3. The lowest BCUT2D eigenvalue weighted by atomic mass is 10.1. The number of rotatable bonds is 5. The van der Waals surface area contributed by atoms with Gasteiger partial charge < -0.3 is 10.1 Å². The van der Waals surface area contributed by atoms with E-state index in [2.05, 4.69) is 45.4 Å². The molecule has 0 saturated heterocycles. The van der Waals surface area contributed by atoms with Gasteiger partial charge in [0.25, 0.3) is 0 Å². The van der Waals surface area contributed by atoms with E-state index in [1.165, 1.54) is 18.4 Å². The van der Waals surface area contributed by atoms with Crippen molar-refractivity contribution < 1.29 is 4.74 Å². The molecule has 25 heavy (non-hydrogen) atoms. The molecule has 5 nitrogen and oxygen atoms in total. The van der Waals surface area contributed by atoms with Crippen molar-refractivity contribution in [3.05, 3.63) is 54.0 Å². The average molecular weight is 334 g/mol. The third-order valence-corrected chi connectivity index (χ3v) is 4.64. The second kappa shape index (κ2) is 7.05. The maximum absolute atomic E-state index is 5.91. The molecule has 0 amide bonds. The first-order chi connectivity index (χ1) is 12.3. The molecule has 1 aliphatic carbocycles. The third-order valence-electron chi connectivity index (χ3n) is 4.64. The van der Waals surface area contributed by atoms with Crippen LogP contribution in [0.25, 0.3) is 10.9 Å². The lowest BCUT2D eigenvalue weighted by molar-refractivity contribution is 0.201. The SMILES string of the molecule is Cc1ccc2ncnc(NCc3ccc(OC4CCCC4)nc3)c2c1. The van der Waals surface area contributed by atoms with Gasteiger partial charge in [0, 0.05) is 24.2 Å². The molecule has 4 rings (SSSR count). The van der Waals surface area contributed by atoms with E-state index in [1.807, 2.05) is 18.3 Å². The van der Waals surface area contributed by atoms with Crippen LogP contribution in [0.5, 0.6) is 5.88 Å². The molecule has 5 heteroatoms. The number of hydrogen-bond acceptors (Lipinski definition) is 5. The average Bonchev–Trinajstić information content (AvgIpc) is 3.14. The highest BCUT2D eigenvalue weighted by Crippen LogP contribution is 2.23. The maximum Gasteiger partial charge on any atom is 0.213 e. The molecule has 2 aromatic heterocycles. The Morgan fingerprint density at radius 3 is 2.76 bits per heavy atom. The van der Waals surface area contributed by atoms with Gasteiger partial charge in [-0.05, 0) is 50.3 Å². The van der Waals surface area contributed by atoms with Gasteiger partial charge in [0.15, 0.2) is 0 Å². The molecule has 1 N–H and O–H groups in total. The standard InChI is InChI=1S/C20H22N4O/c1-14-6-8-18-17(10-14)20(24-13-23-18)22-12-15-7-9-19(21-11-15)25-16-4-2-3-5-16/h6-11,13,16H,2-5,12H2,1H3,(H,22,23,24). The Labute approximate surface area is 147 Å². The van der Waals surface area contributed by atoms with Crippen molar-refractivity contribution in [3.8, 4) is 5.88 Å². The normalized spacial score (nSPS) is 14.8. The van der Waals surface area contributed by atoms with Crippen molar-refractivity contribution in [3.63, 3.8) is 0 Å². The predicted octanol–water partition coefficient (Wildman–Crippen LogP) is 4.27. The number of anilines is 1. The number of aryl methyl sites for hydroxylation is 1. The molecule has 0 atom stereocenters. The van der Waals surface area contributed by atoms with E-state index in [9.17, 15) is 0 Å². The van der Waals surface area contributed by atoms with E-state index in [4.69, 9.17) is 4.74 Å². The van der Waals surface area contributed by atoms with Crippen LogP contribution >= 0.6 is 0 Å². The van der Waals surface area contributed by atoms with E-state index >= 15 is 0 Å². The summed E-state index contributed by atoms with van der Waals surface area (Å²) >= 11 is 0. The molecule has 128 valence electrons. The number of nitrogens with one attached hydrogen (secondary N) is 1. The van der Waals surface area contributed by atoms with Crippen LogP contribution in [0, 0.1) is 6.92 Å². The zero-order valence-corrected chi connectivity index (χ0v) is 14.4. The number of nitrogens with zero attached hydrogens (tertiary/aromatic N) is 3. The number of pyridine rings is 1. The Balaban J connectivity index is 1.43. The fourth-order valence-electron chi connectivity index (χ4n) is 3.26. The van der Waals surface area contributed by atoms with E-state index in [-0.39, 0.29) is 0 Å². The molecule has 2 heterocycles. The highest BCUT2D eigenvalue weighted by Gasteiger charge is 2.16. The highest BCUT2D eigenvalue weighted by atomic mass is 16.5. The highest BCUT2D eigenvalue weighted by molar-refractivity contribution is 5.89. The minimum absolute atomic E-state index is 0.340. The molecular weight excluding hydrogens is 312 g/mol. The van der Waals surface area contributed by atoms with Gasteiger partial charge in [-0.25, -0.2) is 15.0 Å². The van der Waals surface area contributed by atoms with Gasteiger partial charge in [0.1, 0.15) is 18.2 Å². The molecule has 1 saturated carbocycles. The summed E-state index contributed by atoms with van der Waals surface area (Å²) in [6.45, 7) is 2.74. The quantitative estimate of drug-likeness (QED) is 0.755. The van der Waals surface area contributed by atoms with Gasteiger partial charge in [-0.1, -0.05) is 17.7 Å². The number of ether oxygens (including phenoxy) is 1. The summed E-state index contributed by atoms with van der Waals surface area (Å²) in [4.78, 5) is 13.1. The summed E-state index contributed by atoms with van der Waals surface area (Å²) in [7, 11) is 0. The van der Waals surface area contributed by atoms with Crippen molar-refractivity contribution in [2.75, 3.05) is 5.32 Å². The van der Waals surface area contributed by atoms with E-state index in [0.717, 1.165) is 41.0 Å². The zero-order chi connectivity index (χ0) is 17.1. The van der Waals surface area contributed by atoms with Crippen LogP contribution in [0.2, 0.25) is 0 Å². The molecule has 0 bridgehead atoms. The smallest absolute Gasteiger partial charge is 0.213 e. The molecule has 0 aliphatic heterocycles. The third kappa shape index (κ3) is 3.71. The Morgan fingerprint density at radius 1 is 1.08 bits per heavy atom. The Hall–Kier alpha value is -2.69. The second-order valence-electron chi connectivity index (χ2n) is 6.63. The number of fused-ring (bicyclic) bond motifs is 1. The van der Waals surface area contributed by atoms with Crippen molar-refractivity contribution in [1.82, 2.24) is 15.0 Å². The Kier molecular flexibility index (Phi) is 4.46. The van der Waals surface area contributed by atoms with Gasteiger partial charge in [0.05, 0.1) is 5.52 Å². The molecular formula is C20H22N4O. The van der Waals surface area contributed by atoms with Crippen LogP contribution in [0.1, 0.15) is 36.8 Å². The fraction of sp³-hybridized carbons (Fsp3) is 0.350. The first-order valence-corrected chi connectivity index (χ1v) is 8.85. The molecule has 1 aliphatic rings. The predicted molar refractivity (Wildman–Crippen MR) is 98.7 cm³/mol. The van der Waals surface area contributed by atoms with Gasteiger partial charge in [-0.2, -0.15) is 0 Å². The number of hydrogen-bond donors (Lipinski definition) is 1. The van der Waals surface area contributed by atoms with Crippen molar-refractivity contribution >= 4 is 16.7 Å². The van der Waals surface area contributed by atoms with E-state index in [1.54, 1.807) is 6.33 Å². The monoisotopic (exact) mass is 334 g/mol. The van der Waals surface area contributed by atoms with Gasteiger partial charge in [-0.3, -0.25) is 0 Å². The summed E-state index contributed by atoms with van der Waals surface area (Å²) in [5.41, 5.74) is 3.24. The summed E-state index contributed by atoms with van der Waals surface area (Å²) in [5, 5.41) is 4.43. The summed E-state index contributed by atoms with van der Waals surface area (Å²) in [6.07, 6.45) is 8.61. The van der Waals surface area contributed by atoms with E-state index in [0.29, 0.717) is 12.6 Å². The van der Waals surface area contributed by atoms with Gasteiger partial charge in [0.2, 0.25) is 5.88 Å². The maximum atomic E-state index is 5.91. The summed E-state index contributed by atoms with van der Waals surface area (Å²) in [6, 6.07) is 10.2. The molecule has 1 fully saturated rings. The molecule has 3 aromatic rings. The number of benzene rings is 1. The Bertz CT molecular complexity index is 857.